The van der Waals surface area contributed by atoms with Gasteiger partial charge in [-0.1, -0.05) is 32.9 Å². The second-order valence-electron chi connectivity index (χ2n) is 9.08. The van der Waals surface area contributed by atoms with Crippen molar-refractivity contribution in [3.63, 3.8) is 0 Å². The Morgan fingerprint density at radius 1 is 0.966 bits per heavy atom. The first kappa shape index (κ1) is 20.3. The topological polar surface area (TPSA) is 66.4 Å². The molecule has 0 bridgehead atoms. The van der Waals surface area contributed by atoms with E-state index >= 15 is 0 Å². The van der Waals surface area contributed by atoms with Crippen LogP contribution in [0, 0.1) is 6.92 Å². The van der Waals surface area contributed by atoms with Crippen LogP contribution in [-0.2, 0) is 28.4 Å². The highest BCUT2D eigenvalue weighted by molar-refractivity contribution is 7.89. The molecule has 2 aliphatic heterocycles. The minimum absolute atomic E-state index is 0.00775. The summed E-state index contributed by atoms with van der Waals surface area (Å²) in [5.74, 6) is 1.69. The molecule has 29 heavy (non-hydrogen) atoms. The number of sulfonamides is 1. The van der Waals surface area contributed by atoms with Gasteiger partial charge in [-0.05, 0) is 42.9 Å². The van der Waals surface area contributed by atoms with Gasteiger partial charge in [0.05, 0.1) is 10.6 Å². The second kappa shape index (κ2) is 7.36. The van der Waals surface area contributed by atoms with E-state index in [1.54, 1.807) is 16.4 Å². The summed E-state index contributed by atoms with van der Waals surface area (Å²) in [6.07, 6.45) is 2.93. The van der Waals surface area contributed by atoms with Crippen molar-refractivity contribution >= 4 is 15.8 Å². The van der Waals surface area contributed by atoms with Gasteiger partial charge in [-0.2, -0.15) is 4.31 Å². The summed E-state index contributed by atoms with van der Waals surface area (Å²) in [7, 11) is -3.56. The van der Waals surface area contributed by atoms with E-state index < -0.39 is 10.0 Å². The van der Waals surface area contributed by atoms with Gasteiger partial charge in [0.15, 0.2) is 0 Å². The molecule has 0 N–H and O–H groups in total. The fraction of sp³-hybridized carbons (Fsp3) is 0.545. The quantitative estimate of drug-likeness (QED) is 0.770. The van der Waals surface area contributed by atoms with Gasteiger partial charge in [-0.25, -0.2) is 18.4 Å². The minimum atomic E-state index is -3.56. The second-order valence-corrected chi connectivity index (χ2v) is 11.0. The molecule has 6 nitrogen and oxygen atoms in total. The number of fused-ring (bicyclic) bond motifs is 1. The van der Waals surface area contributed by atoms with Crippen molar-refractivity contribution in [1.82, 2.24) is 14.3 Å². The minimum Gasteiger partial charge on any atom is -0.356 e. The number of rotatable bonds is 3. The molecule has 7 heteroatoms. The Kier molecular flexibility index (Phi) is 5.15. The van der Waals surface area contributed by atoms with Crippen LogP contribution in [0.3, 0.4) is 0 Å². The highest BCUT2D eigenvalue weighted by Gasteiger charge is 2.32. The Bertz CT molecular complexity index is 1000. The fourth-order valence-corrected chi connectivity index (χ4v) is 5.57. The zero-order valence-electron chi connectivity index (χ0n) is 17.8. The molecular formula is C22H30N4O2S. The molecule has 2 aromatic rings. The zero-order valence-corrected chi connectivity index (χ0v) is 18.6. The smallest absolute Gasteiger partial charge is 0.243 e. The molecule has 0 aliphatic carbocycles. The van der Waals surface area contributed by atoms with Crippen LogP contribution in [0.15, 0.2) is 29.2 Å². The third-order valence-electron chi connectivity index (χ3n) is 5.88. The van der Waals surface area contributed by atoms with Crippen LogP contribution in [0.25, 0.3) is 0 Å². The van der Waals surface area contributed by atoms with Crippen LogP contribution in [0.5, 0.6) is 0 Å². The van der Waals surface area contributed by atoms with Gasteiger partial charge in [-0.15, -0.1) is 0 Å². The molecule has 0 unspecified atom stereocenters. The predicted molar refractivity (Wildman–Crippen MR) is 115 cm³/mol. The molecule has 1 saturated heterocycles. The summed E-state index contributed by atoms with van der Waals surface area (Å²) in [5.41, 5.74) is 3.08. The summed E-state index contributed by atoms with van der Waals surface area (Å²) in [4.78, 5) is 11.9. The lowest BCUT2D eigenvalue weighted by atomic mass is 9.87. The van der Waals surface area contributed by atoms with Gasteiger partial charge >= 0.3 is 0 Å². The highest BCUT2D eigenvalue weighted by atomic mass is 32.2. The van der Waals surface area contributed by atoms with E-state index in [4.69, 9.17) is 0 Å². The Labute approximate surface area is 174 Å². The Morgan fingerprint density at radius 3 is 2.24 bits per heavy atom. The molecule has 2 aliphatic rings. The maximum absolute atomic E-state index is 13.3. The van der Waals surface area contributed by atoms with E-state index in [0.717, 1.165) is 54.4 Å². The van der Waals surface area contributed by atoms with E-state index in [9.17, 15) is 8.42 Å². The van der Waals surface area contributed by atoms with Crippen molar-refractivity contribution in [1.29, 1.82) is 0 Å². The standard InChI is InChI=1S/C22H30N4O2S/c1-16-23-20-11-14-26(15-19(20)21(24-16)25-12-5-6-13-25)29(27,28)18-9-7-17(8-10-18)22(2,3)4/h7-10H,5-6,11-15H2,1-4H3. The summed E-state index contributed by atoms with van der Waals surface area (Å²) < 4.78 is 28.2. The van der Waals surface area contributed by atoms with E-state index in [-0.39, 0.29) is 5.41 Å². The lowest BCUT2D eigenvalue weighted by Gasteiger charge is -2.31. The summed E-state index contributed by atoms with van der Waals surface area (Å²) in [6.45, 7) is 11.0. The Morgan fingerprint density at radius 2 is 1.62 bits per heavy atom. The first-order valence-electron chi connectivity index (χ1n) is 10.4. The summed E-state index contributed by atoms with van der Waals surface area (Å²) >= 11 is 0. The SMILES string of the molecule is Cc1nc2c(c(N3CCCC3)n1)CN(S(=O)(=O)c1ccc(C(C)(C)C)cc1)CC2. The van der Waals surface area contributed by atoms with Crippen molar-refractivity contribution in [2.24, 2.45) is 0 Å². The van der Waals surface area contributed by atoms with Crippen molar-refractivity contribution in [2.45, 2.75) is 63.8 Å². The molecule has 1 fully saturated rings. The van der Waals surface area contributed by atoms with Crippen LogP contribution in [-0.4, -0.2) is 42.3 Å². The molecule has 0 radical (unpaired) electrons. The van der Waals surface area contributed by atoms with Crippen LogP contribution >= 0.6 is 0 Å². The highest BCUT2D eigenvalue weighted by Crippen LogP contribution is 2.32. The summed E-state index contributed by atoms with van der Waals surface area (Å²) in [6, 6.07) is 7.32. The van der Waals surface area contributed by atoms with E-state index in [0.29, 0.717) is 24.4 Å². The third-order valence-corrected chi connectivity index (χ3v) is 7.74. The fourth-order valence-electron chi connectivity index (χ4n) is 4.16. The largest absolute Gasteiger partial charge is 0.356 e. The maximum atomic E-state index is 13.3. The molecule has 0 amide bonds. The number of anilines is 1. The van der Waals surface area contributed by atoms with Crippen molar-refractivity contribution in [2.75, 3.05) is 24.5 Å². The van der Waals surface area contributed by atoms with Gasteiger partial charge in [-0.3, -0.25) is 0 Å². The maximum Gasteiger partial charge on any atom is 0.243 e. The van der Waals surface area contributed by atoms with E-state index in [1.165, 1.54) is 0 Å². The van der Waals surface area contributed by atoms with Crippen LogP contribution in [0.2, 0.25) is 0 Å². The van der Waals surface area contributed by atoms with Gasteiger partial charge < -0.3 is 4.90 Å². The van der Waals surface area contributed by atoms with Crippen LogP contribution in [0.1, 0.15) is 56.3 Å². The number of benzene rings is 1. The predicted octanol–water partition coefficient (Wildman–Crippen LogP) is 3.43. The third kappa shape index (κ3) is 3.90. The first-order chi connectivity index (χ1) is 13.7. The average molecular weight is 415 g/mol. The number of hydrogen-bond acceptors (Lipinski definition) is 5. The van der Waals surface area contributed by atoms with Gasteiger partial charge in [0.1, 0.15) is 11.6 Å². The Hall–Kier alpha value is -1.99. The lowest BCUT2D eigenvalue weighted by molar-refractivity contribution is 0.386. The van der Waals surface area contributed by atoms with Crippen LogP contribution < -0.4 is 4.90 Å². The molecular weight excluding hydrogens is 384 g/mol. The van der Waals surface area contributed by atoms with Gasteiger partial charge in [0, 0.05) is 38.2 Å². The number of hydrogen-bond donors (Lipinski definition) is 0. The molecule has 0 spiro atoms. The molecule has 0 atom stereocenters. The van der Waals surface area contributed by atoms with Crippen molar-refractivity contribution < 1.29 is 8.42 Å². The zero-order chi connectivity index (χ0) is 20.8. The molecule has 1 aromatic heterocycles. The monoisotopic (exact) mass is 414 g/mol. The first-order valence-corrected chi connectivity index (χ1v) is 11.8. The normalized spacial score (nSPS) is 18.1. The van der Waals surface area contributed by atoms with E-state index in [1.807, 2.05) is 19.1 Å². The lowest BCUT2D eigenvalue weighted by Crippen LogP contribution is -2.38. The van der Waals surface area contributed by atoms with E-state index in [2.05, 4.69) is 35.6 Å². The summed E-state index contributed by atoms with van der Waals surface area (Å²) in [5, 5.41) is 0. The van der Waals surface area contributed by atoms with Gasteiger partial charge in [0.2, 0.25) is 10.0 Å². The average Bonchev–Trinajstić information content (AvgIpc) is 3.21. The molecule has 4 rings (SSSR count). The van der Waals surface area contributed by atoms with Crippen molar-refractivity contribution in [3.05, 3.63) is 46.9 Å². The number of aromatic nitrogens is 2. The van der Waals surface area contributed by atoms with Crippen LogP contribution in [0.4, 0.5) is 5.82 Å². The molecule has 1 aromatic carbocycles. The van der Waals surface area contributed by atoms with Crippen molar-refractivity contribution in [3.8, 4) is 0 Å². The Balaban J connectivity index is 1.65. The number of nitrogens with zero attached hydrogens (tertiary/aromatic N) is 4. The number of aryl methyl sites for hydroxylation is 1. The molecule has 156 valence electrons. The molecule has 3 heterocycles. The van der Waals surface area contributed by atoms with Gasteiger partial charge in [0.25, 0.3) is 0 Å². The molecule has 0 saturated carbocycles.